The molecule has 2 aliphatic carbocycles. The van der Waals surface area contributed by atoms with Crippen molar-refractivity contribution in [2.45, 2.75) is 40.2 Å². The summed E-state index contributed by atoms with van der Waals surface area (Å²) < 4.78 is 0. The second kappa shape index (κ2) is 7.91. The van der Waals surface area contributed by atoms with Crippen LogP contribution in [0.4, 0.5) is 0 Å². The van der Waals surface area contributed by atoms with Gasteiger partial charge in [-0.15, -0.1) is 0 Å². The van der Waals surface area contributed by atoms with E-state index in [-0.39, 0.29) is 0 Å². The minimum Gasteiger partial charge on any atom is -0.363 e. The van der Waals surface area contributed by atoms with Crippen molar-refractivity contribution in [2.75, 3.05) is 14.1 Å². The van der Waals surface area contributed by atoms with Gasteiger partial charge in [-0.05, 0) is 65.8 Å². The molecule has 0 bridgehead atoms. The summed E-state index contributed by atoms with van der Waals surface area (Å²) in [6.07, 6.45) is 1.82. The number of hydrogen-bond donors (Lipinski definition) is 0. The fourth-order valence-corrected chi connectivity index (χ4v) is 3.49. The zero-order valence-electron chi connectivity index (χ0n) is 17.2. The van der Waals surface area contributed by atoms with Crippen molar-refractivity contribution in [3.63, 3.8) is 0 Å². The molecular weight excluding hydrogens is 330 g/mol. The van der Waals surface area contributed by atoms with E-state index in [2.05, 4.69) is 75.9 Å². The molecule has 0 saturated heterocycles. The van der Waals surface area contributed by atoms with Crippen LogP contribution in [0.5, 0.6) is 0 Å². The molecule has 0 unspecified atom stereocenters. The highest BCUT2D eigenvalue weighted by Crippen LogP contribution is 2.36. The van der Waals surface area contributed by atoms with Gasteiger partial charge in [0.25, 0.3) is 0 Å². The van der Waals surface area contributed by atoms with Crippen LogP contribution in [0.25, 0.3) is 11.1 Å². The highest BCUT2D eigenvalue weighted by molar-refractivity contribution is 6.07. The molecule has 0 radical (unpaired) electrons. The number of hydrogen-bond acceptors (Lipinski definition) is 2. The van der Waals surface area contributed by atoms with Gasteiger partial charge in [0.1, 0.15) is 5.84 Å². The molecule has 2 aliphatic rings. The van der Waals surface area contributed by atoms with Crippen molar-refractivity contribution in [1.29, 1.82) is 0 Å². The van der Waals surface area contributed by atoms with Crippen LogP contribution >= 0.6 is 0 Å². The number of pyridine rings is 1. The fraction of sp³-hybridized carbons (Fsp3) is 0.333. The summed E-state index contributed by atoms with van der Waals surface area (Å²) in [5.74, 6) is 1.50. The largest absolute Gasteiger partial charge is 0.363 e. The normalized spacial score (nSPS) is 12.0. The Hall–Kier alpha value is -2.68. The molecule has 3 rings (SSSR count). The number of fused-ring (bicyclic) bond motifs is 1. The van der Waals surface area contributed by atoms with Gasteiger partial charge in [0.15, 0.2) is 0 Å². The SMILES string of the molecule is Cc1cc(C(=NCc2ccccn2)N(C)C)c2c(C)ccc(C(C)C)cc1-2. The van der Waals surface area contributed by atoms with Gasteiger partial charge in [0, 0.05) is 25.9 Å². The standard InChI is InChI=1S/C24H29N3/c1-16(2)19-11-10-17(3)23-21(14-19)18(4)13-22(23)24(27(5)6)26-15-20-9-7-8-12-25-20/h7-14,16H,15H2,1-6H3. The Morgan fingerprint density at radius 3 is 2.44 bits per heavy atom. The molecule has 0 fully saturated rings. The second-order valence-electron chi connectivity index (χ2n) is 7.70. The van der Waals surface area contributed by atoms with Gasteiger partial charge >= 0.3 is 0 Å². The molecule has 0 aliphatic heterocycles. The number of aromatic nitrogens is 1. The quantitative estimate of drug-likeness (QED) is 0.459. The van der Waals surface area contributed by atoms with E-state index in [1.807, 2.05) is 24.4 Å². The van der Waals surface area contributed by atoms with Gasteiger partial charge in [0.2, 0.25) is 0 Å². The minimum atomic E-state index is 0.504. The Bertz CT molecular complexity index is 924. The van der Waals surface area contributed by atoms with E-state index in [1.165, 1.54) is 33.4 Å². The fourth-order valence-electron chi connectivity index (χ4n) is 3.49. The predicted molar refractivity (Wildman–Crippen MR) is 115 cm³/mol. The molecule has 0 atom stereocenters. The van der Waals surface area contributed by atoms with E-state index >= 15 is 0 Å². The highest BCUT2D eigenvalue weighted by atomic mass is 15.1. The second-order valence-corrected chi connectivity index (χ2v) is 7.70. The third kappa shape index (κ3) is 4.02. The first kappa shape index (κ1) is 19.1. The van der Waals surface area contributed by atoms with Crippen LogP contribution in [-0.4, -0.2) is 29.8 Å². The lowest BCUT2D eigenvalue weighted by Gasteiger charge is -2.17. The molecule has 0 spiro atoms. The monoisotopic (exact) mass is 359 g/mol. The summed E-state index contributed by atoms with van der Waals surface area (Å²) in [5, 5.41) is 0. The lowest BCUT2D eigenvalue weighted by molar-refractivity contribution is 0.618. The summed E-state index contributed by atoms with van der Waals surface area (Å²) in [5.41, 5.74) is 8.75. The van der Waals surface area contributed by atoms with Crippen LogP contribution < -0.4 is 0 Å². The van der Waals surface area contributed by atoms with Gasteiger partial charge in [-0.3, -0.25) is 9.98 Å². The molecule has 0 aromatic carbocycles. The van der Waals surface area contributed by atoms with Gasteiger partial charge in [-0.1, -0.05) is 38.1 Å². The topological polar surface area (TPSA) is 28.5 Å². The summed E-state index contributed by atoms with van der Waals surface area (Å²) in [6.45, 7) is 9.46. The number of aryl methyl sites for hydroxylation is 2. The molecule has 140 valence electrons. The van der Waals surface area contributed by atoms with E-state index < -0.39 is 0 Å². The number of amidine groups is 1. The molecule has 3 heteroatoms. The third-order valence-electron chi connectivity index (χ3n) is 5.00. The summed E-state index contributed by atoms with van der Waals surface area (Å²) >= 11 is 0. The lowest BCUT2D eigenvalue weighted by atomic mass is 10.00. The van der Waals surface area contributed by atoms with Crippen molar-refractivity contribution in [1.82, 2.24) is 9.88 Å². The molecule has 1 aromatic rings. The van der Waals surface area contributed by atoms with Crippen LogP contribution in [-0.2, 0) is 6.54 Å². The lowest BCUT2D eigenvalue weighted by Crippen LogP contribution is -2.23. The molecule has 0 saturated carbocycles. The molecule has 3 nitrogen and oxygen atoms in total. The van der Waals surface area contributed by atoms with E-state index in [0.29, 0.717) is 12.5 Å². The van der Waals surface area contributed by atoms with E-state index in [4.69, 9.17) is 4.99 Å². The number of aliphatic imine (C=N–C) groups is 1. The van der Waals surface area contributed by atoms with Gasteiger partial charge in [-0.2, -0.15) is 0 Å². The third-order valence-corrected chi connectivity index (χ3v) is 5.00. The summed E-state index contributed by atoms with van der Waals surface area (Å²) in [7, 11) is 4.12. The number of rotatable bonds is 4. The zero-order chi connectivity index (χ0) is 19.6. The van der Waals surface area contributed by atoms with Crippen LogP contribution in [0.15, 0.2) is 53.7 Å². The van der Waals surface area contributed by atoms with E-state index in [1.54, 1.807) is 0 Å². The van der Waals surface area contributed by atoms with E-state index in [0.717, 1.165) is 11.5 Å². The molecule has 1 heterocycles. The molecule has 27 heavy (non-hydrogen) atoms. The van der Waals surface area contributed by atoms with Crippen molar-refractivity contribution in [3.05, 3.63) is 76.6 Å². The first-order valence-corrected chi connectivity index (χ1v) is 9.54. The predicted octanol–water partition coefficient (Wildman–Crippen LogP) is 5.44. The highest BCUT2D eigenvalue weighted by Gasteiger charge is 2.21. The van der Waals surface area contributed by atoms with E-state index in [9.17, 15) is 0 Å². The first-order valence-electron chi connectivity index (χ1n) is 9.54. The molecule has 1 aromatic heterocycles. The van der Waals surface area contributed by atoms with Gasteiger partial charge in [0.05, 0.1) is 12.2 Å². The van der Waals surface area contributed by atoms with Crippen LogP contribution in [0.1, 0.15) is 47.7 Å². The molecule has 0 amide bonds. The van der Waals surface area contributed by atoms with Crippen molar-refractivity contribution >= 4 is 5.84 Å². The Labute approximate surface area is 163 Å². The maximum Gasteiger partial charge on any atom is 0.131 e. The average Bonchev–Trinajstić information content (AvgIpc) is 2.83. The van der Waals surface area contributed by atoms with Crippen LogP contribution in [0.2, 0.25) is 0 Å². The first-order chi connectivity index (χ1) is 12.9. The van der Waals surface area contributed by atoms with Crippen LogP contribution in [0, 0.1) is 13.8 Å². The summed E-state index contributed by atoms with van der Waals surface area (Å²) in [6, 6.07) is 15.1. The Balaban J connectivity index is 2.12. The Morgan fingerprint density at radius 2 is 1.81 bits per heavy atom. The van der Waals surface area contributed by atoms with Crippen LogP contribution in [0.3, 0.4) is 0 Å². The number of nitrogens with zero attached hydrogens (tertiary/aromatic N) is 3. The van der Waals surface area contributed by atoms with Crippen molar-refractivity contribution < 1.29 is 0 Å². The Kier molecular flexibility index (Phi) is 5.59. The van der Waals surface area contributed by atoms with Gasteiger partial charge in [-0.25, -0.2) is 0 Å². The van der Waals surface area contributed by atoms with Crippen molar-refractivity contribution in [3.8, 4) is 11.1 Å². The van der Waals surface area contributed by atoms with Crippen molar-refractivity contribution in [2.24, 2.45) is 4.99 Å². The molecule has 0 N–H and O–H groups in total. The summed E-state index contributed by atoms with van der Waals surface area (Å²) in [4.78, 5) is 11.4. The zero-order valence-corrected chi connectivity index (χ0v) is 17.2. The molecular formula is C24H29N3. The van der Waals surface area contributed by atoms with Gasteiger partial charge < -0.3 is 4.90 Å². The maximum absolute atomic E-state index is 4.93. The smallest absolute Gasteiger partial charge is 0.131 e. The average molecular weight is 360 g/mol. The maximum atomic E-state index is 4.93. The minimum absolute atomic E-state index is 0.504. The Morgan fingerprint density at radius 1 is 1.04 bits per heavy atom.